The fourth-order valence-corrected chi connectivity index (χ4v) is 6.80. The first-order chi connectivity index (χ1) is 21.5. The van der Waals surface area contributed by atoms with Crippen molar-refractivity contribution in [1.29, 1.82) is 0 Å². The van der Waals surface area contributed by atoms with Crippen LogP contribution < -0.4 is 9.62 Å². The monoisotopic (exact) mass is 685 g/mol. The maximum atomic E-state index is 14.5. The molecule has 11 heteroatoms. The Morgan fingerprint density at radius 1 is 0.822 bits per heavy atom. The summed E-state index contributed by atoms with van der Waals surface area (Å²) < 4.78 is 29.2. The van der Waals surface area contributed by atoms with E-state index in [2.05, 4.69) is 5.32 Å². The summed E-state index contributed by atoms with van der Waals surface area (Å²) in [5, 5.41) is 3.92. The third-order valence-corrected chi connectivity index (χ3v) is 9.96. The molecule has 0 saturated heterocycles. The molecule has 0 aliphatic carbocycles. The number of rotatable bonds is 13. The van der Waals surface area contributed by atoms with Crippen molar-refractivity contribution >= 4 is 62.3 Å². The highest BCUT2D eigenvalue weighted by atomic mass is 35.5. The largest absolute Gasteiger partial charge is 0.354 e. The normalized spacial score (nSPS) is 11.9. The van der Waals surface area contributed by atoms with Crippen LogP contribution in [0.1, 0.15) is 30.0 Å². The molecule has 4 aromatic rings. The summed E-state index contributed by atoms with van der Waals surface area (Å²) in [5.74, 6) is -0.989. The van der Waals surface area contributed by atoms with E-state index < -0.39 is 28.5 Å². The Kier molecular flexibility index (Phi) is 11.9. The van der Waals surface area contributed by atoms with Crippen molar-refractivity contribution in [2.24, 2.45) is 0 Å². The molecule has 0 saturated carbocycles. The van der Waals surface area contributed by atoms with Gasteiger partial charge in [-0.1, -0.05) is 95.8 Å². The number of halogens is 3. The van der Waals surface area contributed by atoms with Crippen molar-refractivity contribution in [3.8, 4) is 0 Å². The van der Waals surface area contributed by atoms with E-state index >= 15 is 0 Å². The summed E-state index contributed by atoms with van der Waals surface area (Å²) >= 11 is 19.1. The van der Waals surface area contributed by atoms with Gasteiger partial charge in [-0.2, -0.15) is 0 Å². The molecule has 1 N–H and O–H groups in total. The molecule has 236 valence electrons. The molecular formula is C34H34Cl3N3O4S. The number of amides is 2. The number of carbonyl (C=O) groups excluding carboxylic acids is 2. The predicted molar refractivity (Wildman–Crippen MR) is 181 cm³/mol. The smallest absolute Gasteiger partial charge is 0.264 e. The van der Waals surface area contributed by atoms with Gasteiger partial charge in [0.25, 0.3) is 10.0 Å². The third kappa shape index (κ3) is 8.79. The van der Waals surface area contributed by atoms with Crippen molar-refractivity contribution in [2.45, 2.75) is 44.2 Å². The minimum Gasteiger partial charge on any atom is -0.354 e. The summed E-state index contributed by atoms with van der Waals surface area (Å²) in [6, 6.07) is 25.8. The molecule has 1 unspecified atom stereocenters. The van der Waals surface area contributed by atoms with E-state index in [4.69, 9.17) is 34.8 Å². The molecule has 0 spiro atoms. The quantitative estimate of drug-likeness (QED) is 0.160. The molecular weight excluding hydrogens is 653 g/mol. The number of benzene rings is 4. The van der Waals surface area contributed by atoms with Gasteiger partial charge in [0, 0.05) is 40.1 Å². The zero-order chi connectivity index (χ0) is 32.6. The fourth-order valence-electron chi connectivity index (χ4n) is 4.75. The standard InChI is InChI=1S/C34H34Cl3N3O4S/c1-3-20-38-34(42)32(21-25-8-5-4-6-9-25)39(22-29-30(36)10-7-11-31(29)37)33(41)23-40(27-16-12-24(2)13-17-27)45(43,44)28-18-14-26(35)15-19-28/h4-19,32H,3,20-23H2,1-2H3,(H,38,42). The lowest BCUT2D eigenvalue weighted by atomic mass is 10.0. The van der Waals surface area contributed by atoms with Crippen LogP contribution in [0.25, 0.3) is 0 Å². The molecule has 7 nitrogen and oxygen atoms in total. The van der Waals surface area contributed by atoms with Gasteiger partial charge in [-0.3, -0.25) is 13.9 Å². The molecule has 4 aromatic carbocycles. The Morgan fingerprint density at radius 2 is 1.44 bits per heavy atom. The van der Waals surface area contributed by atoms with Gasteiger partial charge in [0.05, 0.1) is 10.6 Å². The molecule has 1 atom stereocenters. The first kappa shape index (κ1) is 34.3. The molecule has 0 radical (unpaired) electrons. The van der Waals surface area contributed by atoms with E-state index in [1.807, 2.05) is 44.2 Å². The van der Waals surface area contributed by atoms with E-state index in [-0.39, 0.29) is 29.5 Å². The Balaban J connectivity index is 1.82. The highest BCUT2D eigenvalue weighted by Gasteiger charge is 2.35. The number of sulfonamides is 1. The summed E-state index contributed by atoms with van der Waals surface area (Å²) in [6.45, 7) is 3.49. The SMILES string of the molecule is CCCNC(=O)C(Cc1ccccc1)N(Cc1c(Cl)cccc1Cl)C(=O)CN(c1ccc(C)cc1)S(=O)(=O)c1ccc(Cl)cc1. The lowest BCUT2D eigenvalue weighted by molar-refractivity contribution is -0.140. The van der Waals surface area contributed by atoms with Gasteiger partial charge in [0.2, 0.25) is 11.8 Å². The van der Waals surface area contributed by atoms with Gasteiger partial charge in [0.15, 0.2) is 0 Å². The summed E-state index contributed by atoms with van der Waals surface area (Å²) in [5.41, 5.74) is 2.47. The number of hydrogen-bond acceptors (Lipinski definition) is 4. The fraction of sp³-hybridized carbons (Fsp3) is 0.235. The van der Waals surface area contributed by atoms with Crippen molar-refractivity contribution in [3.63, 3.8) is 0 Å². The molecule has 0 heterocycles. The van der Waals surface area contributed by atoms with Crippen LogP contribution in [0.5, 0.6) is 0 Å². The maximum Gasteiger partial charge on any atom is 0.264 e. The van der Waals surface area contributed by atoms with Crippen LogP contribution in [0.15, 0.2) is 102 Å². The van der Waals surface area contributed by atoms with E-state index in [0.29, 0.717) is 33.6 Å². The minimum absolute atomic E-state index is 0.0394. The highest BCUT2D eigenvalue weighted by molar-refractivity contribution is 7.92. The molecule has 0 aliphatic rings. The molecule has 0 aromatic heterocycles. The van der Waals surface area contributed by atoms with Gasteiger partial charge >= 0.3 is 0 Å². The lowest BCUT2D eigenvalue weighted by Crippen LogP contribution is -2.53. The zero-order valence-electron chi connectivity index (χ0n) is 24.9. The zero-order valence-corrected chi connectivity index (χ0v) is 28.0. The maximum absolute atomic E-state index is 14.5. The van der Waals surface area contributed by atoms with Crippen LogP contribution in [0.4, 0.5) is 5.69 Å². The number of aryl methyl sites for hydroxylation is 1. The molecule has 4 rings (SSSR count). The molecule has 45 heavy (non-hydrogen) atoms. The average molecular weight is 687 g/mol. The lowest BCUT2D eigenvalue weighted by Gasteiger charge is -2.34. The average Bonchev–Trinajstić information content (AvgIpc) is 3.02. The van der Waals surface area contributed by atoms with E-state index in [0.717, 1.165) is 15.4 Å². The second kappa shape index (κ2) is 15.6. The summed E-state index contributed by atoms with van der Waals surface area (Å²) in [7, 11) is -4.25. The van der Waals surface area contributed by atoms with E-state index in [1.165, 1.54) is 29.2 Å². The van der Waals surface area contributed by atoms with Crippen LogP contribution >= 0.6 is 34.8 Å². The van der Waals surface area contributed by atoms with Crippen LogP contribution in [0.2, 0.25) is 15.1 Å². The van der Waals surface area contributed by atoms with Gasteiger partial charge in [-0.15, -0.1) is 0 Å². The first-order valence-electron chi connectivity index (χ1n) is 14.4. The van der Waals surface area contributed by atoms with Gasteiger partial charge in [-0.25, -0.2) is 8.42 Å². The third-order valence-electron chi connectivity index (χ3n) is 7.21. The van der Waals surface area contributed by atoms with Gasteiger partial charge in [0.1, 0.15) is 12.6 Å². The molecule has 0 fully saturated rings. The van der Waals surface area contributed by atoms with Gasteiger partial charge < -0.3 is 10.2 Å². The van der Waals surface area contributed by atoms with Crippen LogP contribution in [0, 0.1) is 6.92 Å². The topological polar surface area (TPSA) is 86.8 Å². The Hall–Kier alpha value is -3.56. The van der Waals surface area contributed by atoms with Crippen LogP contribution in [-0.4, -0.2) is 44.3 Å². The van der Waals surface area contributed by atoms with Gasteiger partial charge in [-0.05, 0) is 67.4 Å². The van der Waals surface area contributed by atoms with E-state index in [9.17, 15) is 18.0 Å². The second-order valence-corrected chi connectivity index (χ2v) is 13.6. The van der Waals surface area contributed by atoms with Crippen molar-refractivity contribution < 1.29 is 18.0 Å². The minimum atomic E-state index is -4.25. The first-order valence-corrected chi connectivity index (χ1v) is 17.0. The second-order valence-electron chi connectivity index (χ2n) is 10.5. The number of hydrogen-bond donors (Lipinski definition) is 1. The highest BCUT2D eigenvalue weighted by Crippen LogP contribution is 2.29. The van der Waals surface area contributed by atoms with Crippen molar-refractivity contribution in [3.05, 3.63) is 129 Å². The molecule has 2 amide bonds. The number of nitrogens with one attached hydrogen (secondary N) is 1. The van der Waals surface area contributed by atoms with Crippen LogP contribution in [0.3, 0.4) is 0 Å². The number of anilines is 1. The Labute approximate surface area is 279 Å². The summed E-state index contributed by atoms with van der Waals surface area (Å²) in [4.78, 5) is 29.6. The predicted octanol–water partition coefficient (Wildman–Crippen LogP) is 7.32. The van der Waals surface area contributed by atoms with Crippen molar-refractivity contribution in [1.82, 2.24) is 10.2 Å². The molecule has 0 aliphatic heterocycles. The van der Waals surface area contributed by atoms with Crippen LogP contribution in [-0.2, 0) is 32.6 Å². The summed E-state index contributed by atoms with van der Waals surface area (Å²) in [6.07, 6.45) is 0.868. The Bertz CT molecular complexity index is 1700. The number of nitrogens with zero attached hydrogens (tertiary/aromatic N) is 2. The van der Waals surface area contributed by atoms with Crippen molar-refractivity contribution in [2.75, 3.05) is 17.4 Å². The van der Waals surface area contributed by atoms with E-state index in [1.54, 1.807) is 42.5 Å². The Morgan fingerprint density at radius 3 is 2.04 bits per heavy atom. The number of carbonyl (C=O) groups is 2. The molecule has 0 bridgehead atoms.